The zero-order valence-electron chi connectivity index (χ0n) is 18.4. The molecule has 1 fully saturated rings. The third-order valence-corrected chi connectivity index (χ3v) is 5.37. The van der Waals surface area contributed by atoms with Crippen LogP contribution in [0.5, 0.6) is 0 Å². The van der Waals surface area contributed by atoms with Crippen molar-refractivity contribution in [3.63, 3.8) is 0 Å². The standard InChI is InChI=1S/C21H39N5O.HI/c1-6-22-21(23-13-10-14-27-19-11-8-7-9-12-19)24-16(2)15-20-17(3)25-26(5)18(20)4;/h16,19H,6-15H2,1-5H3,(H2,22,23,24);1H. The molecule has 1 aromatic heterocycles. The highest BCUT2D eigenvalue weighted by Gasteiger charge is 2.14. The van der Waals surface area contributed by atoms with Crippen LogP contribution in [0, 0.1) is 13.8 Å². The number of guanidine groups is 1. The maximum absolute atomic E-state index is 5.99. The molecule has 1 unspecified atom stereocenters. The van der Waals surface area contributed by atoms with Gasteiger partial charge in [0, 0.05) is 38.5 Å². The lowest BCUT2D eigenvalue weighted by molar-refractivity contribution is 0.0281. The molecule has 7 heteroatoms. The Morgan fingerprint density at radius 1 is 1.29 bits per heavy atom. The van der Waals surface area contributed by atoms with Gasteiger partial charge in [-0.15, -0.1) is 24.0 Å². The third kappa shape index (κ3) is 8.27. The maximum Gasteiger partial charge on any atom is 0.191 e. The van der Waals surface area contributed by atoms with Gasteiger partial charge in [0.2, 0.25) is 0 Å². The van der Waals surface area contributed by atoms with Gasteiger partial charge >= 0.3 is 0 Å². The fraction of sp³-hybridized carbons (Fsp3) is 0.810. The Labute approximate surface area is 188 Å². The van der Waals surface area contributed by atoms with Gasteiger partial charge < -0.3 is 15.4 Å². The van der Waals surface area contributed by atoms with Crippen molar-refractivity contribution in [1.82, 2.24) is 20.4 Å². The fourth-order valence-electron chi connectivity index (χ4n) is 3.76. The van der Waals surface area contributed by atoms with Crippen molar-refractivity contribution >= 4 is 29.9 Å². The molecule has 0 bridgehead atoms. The molecule has 2 N–H and O–H groups in total. The van der Waals surface area contributed by atoms with E-state index in [2.05, 4.69) is 43.4 Å². The van der Waals surface area contributed by atoms with E-state index in [1.54, 1.807) is 0 Å². The summed E-state index contributed by atoms with van der Waals surface area (Å²) in [6, 6.07) is 0.294. The van der Waals surface area contributed by atoms with Crippen LogP contribution in [-0.2, 0) is 18.2 Å². The van der Waals surface area contributed by atoms with Gasteiger partial charge in [-0.1, -0.05) is 19.3 Å². The molecule has 1 atom stereocenters. The van der Waals surface area contributed by atoms with Gasteiger partial charge in [-0.3, -0.25) is 9.67 Å². The Morgan fingerprint density at radius 3 is 2.61 bits per heavy atom. The number of rotatable bonds is 9. The minimum Gasteiger partial charge on any atom is -0.378 e. The van der Waals surface area contributed by atoms with Crippen LogP contribution in [0.1, 0.15) is 69.3 Å². The molecule has 0 radical (unpaired) electrons. The topological polar surface area (TPSA) is 63.5 Å². The predicted molar refractivity (Wildman–Crippen MR) is 128 cm³/mol. The molecule has 1 aliphatic rings. The molecule has 162 valence electrons. The molecule has 1 heterocycles. The van der Waals surface area contributed by atoms with E-state index in [1.807, 2.05) is 11.7 Å². The summed E-state index contributed by atoms with van der Waals surface area (Å²) < 4.78 is 7.96. The summed E-state index contributed by atoms with van der Waals surface area (Å²) in [5.41, 5.74) is 3.68. The lowest BCUT2D eigenvalue weighted by Crippen LogP contribution is -2.43. The molecular weight excluding hydrogens is 465 g/mol. The average molecular weight is 505 g/mol. The van der Waals surface area contributed by atoms with Crippen LogP contribution >= 0.6 is 24.0 Å². The van der Waals surface area contributed by atoms with Gasteiger partial charge in [-0.05, 0) is 58.9 Å². The van der Waals surface area contributed by atoms with Gasteiger partial charge in [-0.2, -0.15) is 5.10 Å². The molecule has 1 aromatic rings. The Morgan fingerprint density at radius 2 is 2.00 bits per heavy atom. The van der Waals surface area contributed by atoms with Gasteiger partial charge in [0.1, 0.15) is 0 Å². The summed E-state index contributed by atoms with van der Waals surface area (Å²) in [7, 11) is 2.00. The summed E-state index contributed by atoms with van der Waals surface area (Å²) in [5, 5.41) is 11.4. The van der Waals surface area contributed by atoms with Gasteiger partial charge in [0.25, 0.3) is 0 Å². The van der Waals surface area contributed by atoms with Crippen molar-refractivity contribution in [2.45, 2.75) is 84.8 Å². The van der Waals surface area contributed by atoms with Crippen LogP contribution in [0.3, 0.4) is 0 Å². The minimum atomic E-state index is 0. The largest absolute Gasteiger partial charge is 0.378 e. The smallest absolute Gasteiger partial charge is 0.191 e. The van der Waals surface area contributed by atoms with E-state index < -0.39 is 0 Å². The highest BCUT2D eigenvalue weighted by Crippen LogP contribution is 2.20. The molecule has 28 heavy (non-hydrogen) atoms. The molecule has 1 saturated carbocycles. The van der Waals surface area contributed by atoms with Gasteiger partial charge in [0.15, 0.2) is 5.96 Å². The van der Waals surface area contributed by atoms with Crippen LogP contribution in [-0.4, -0.2) is 47.6 Å². The Kier molecular flexibility index (Phi) is 12.1. The predicted octanol–water partition coefficient (Wildman–Crippen LogP) is 3.88. The first-order valence-electron chi connectivity index (χ1n) is 10.7. The number of aryl methyl sites for hydroxylation is 2. The quantitative estimate of drug-likeness (QED) is 0.232. The highest BCUT2D eigenvalue weighted by molar-refractivity contribution is 14.0. The fourth-order valence-corrected chi connectivity index (χ4v) is 3.76. The van der Waals surface area contributed by atoms with E-state index in [4.69, 9.17) is 9.73 Å². The van der Waals surface area contributed by atoms with Crippen molar-refractivity contribution in [2.24, 2.45) is 12.0 Å². The second-order valence-electron chi connectivity index (χ2n) is 7.77. The van der Waals surface area contributed by atoms with Crippen LogP contribution < -0.4 is 10.6 Å². The molecule has 0 aliphatic heterocycles. The number of aliphatic imine (C=N–C) groups is 1. The van der Waals surface area contributed by atoms with Crippen LogP contribution in [0.25, 0.3) is 0 Å². The Balaban J connectivity index is 0.00000392. The highest BCUT2D eigenvalue weighted by atomic mass is 127. The van der Waals surface area contributed by atoms with E-state index in [0.717, 1.165) is 44.2 Å². The first-order valence-corrected chi connectivity index (χ1v) is 10.7. The van der Waals surface area contributed by atoms with Crippen LogP contribution in [0.2, 0.25) is 0 Å². The lowest BCUT2D eigenvalue weighted by Gasteiger charge is -2.21. The lowest BCUT2D eigenvalue weighted by atomic mass is 9.98. The van der Waals surface area contributed by atoms with Gasteiger partial charge in [0.05, 0.1) is 11.8 Å². The van der Waals surface area contributed by atoms with E-state index in [9.17, 15) is 0 Å². The zero-order valence-corrected chi connectivity index (χ0v) is 20.7. The molecule has 6 nitrogen and oxygen atoms in total. The number of nitrogens with zero attached hydrogens (tertiary/aromatic N) is 3. The first kappa shape index (κ1) is 25.2. The summed E-state index contributed by atoms with van der Waals surface area (Å²) >= 11 is 0. The summed E-state index contributed by atoms with van der Waals surface area (Å²) in [6.45, 7) is 11.0. The molecular formula is C21H40IN5O. The SMILES string of the molecule is CCNC(=NCCCOC1CCCCC1)NC(C)Cc1c(C)nn(C)c1C.I. The molecule has 0 saturated heterocycles. The first-order chi connectivity index (χ1) is 13.0. The maximum atomic E-state index is 5.99. The molecule has 0 aromatic carbocycles. The van der Waals surface area contributed by atoms with Crippen molar-refractivity contribution < 1.29 is 4.74 Å². The number of aromatic nitrogens is 2. The summed E-state index contributed by atoms with van der Waals surface area (Å²) in [4.78, 5) is 4.72. The average Bonchev–Trinajstić information content (AvgIpc) is 2.88. The zero-order chi connectivity index (χ0) is 19.6. The monoisotopic (exact) mass is 505 g/mol. The second-order valence-corrected chi connectivity index (χ2v) is 7.77. The van der Waals surface area contributed by atoms with E-state index in [0.29, 0.717) is 12.1 Å². The normalized spacial score (nSPS) is 16.5. The Hall–Kier alpha value is -0.830. The van der Waals surface area contributed by atoms with Crippen LogP contribution in [0.15, 0.2) is 4.99 Å². The third-order valence-electron chi connectivity index (χ3n) is 5.37. The molecule has 2 rings (SSSR count). The van der Waals surface area contributed by atoms with E-state index in [1.165, 1.54) is 43.4 Å². The van der Waals surface area contributed by atoms with Crippen LogP contribution in [0.4, 0.5) is 0 Å². The number of halogens is 1. The van der Waals surface area contributed by atoms with Crippen molar-refractivity contribution in [1.29, 1.82) is 0 Å². The number of hydrogen-bond donors (Lipinski definition) is 2. The van der Waals surface area contributed by atoms with E-state index in [-0.39, 0.29) is 24.0 Å². The molecule has 0 amide bonds. The number of ether oxygens (including phenoxy) is 1. The van der Waals surface area contributed by atoms with Crippen molar-refractivity contribution in [3.8, 4) is 0 Å². The van der Waals surface area contributed by atoms with Crippen molar-refractivity contribution in [2.75, 3.05) is 19.7 Å². The number of hydrogen-bond acceptors (Lipinski definition) is 3. The van der Waals surface area contributed by atoms with E-state index >= 15 is 0 Å². The molecule has 1 aliphatic carbocycles. The molecule has 0 spiro atoms. The van der Waals surface area contributed by atoms with Crippen molar-refractivity contribution in [3.05, 3.63) is 17.0 Å². The minimum absolute atomic E-state index is 0. The van der Waals surface area contributed by atoms with Gasteiger partial charge in [-0.25, -0.2) is 0 Å². The Bertz CT molecular complexity index is 596. The summed E-state index contributed by atoms with van der Waals surface area (Å²) in [5.74, 6) is 0.891. The summed E-state index contributed by atoms with van der Waals surface area (Å²) in [6.07, 6.45) is 8.90. The number of nitrogens with one attached hydrogen (secondary N) is 2. The second kappa shape index (κ2) is 13.4.